The highest BCUT2D eigenvalue weighted by atomic mass is 16.1. The van der Waals surface area contributed by atoms with E-state index in [-0.39, 0.29) is 5.78 Å². The Morgan fingerprint density at radius 2 is 1.36 bits per heavy atom. The van der Waals surface area contributed by atoms with Crippen molar-refractivity contribution in [3.05, 3.63) is 83.9 Å². The van der Waals surface area contributed by atoms with Crippen LogP contribution >= 0.6 is 0 Å². The summed E-state index contributed by atoms with van der Waals surface area (Å²) in [5, 5.41) is 0. The molecule has 3 aromatic carbocycles. The predicted octanol–water partition coefficient (Wildman–Crippen LogP) is 3.75. The van der Waals surface area contributed by atoms with E-state index in [1.807, 2.05) is 42.5 Å². The fourth-order valence-electron chi connectivity index (χ4n) is 2.41. The van der Waals surface area contributed by atoms with Gasteiger partial charge in [0.1, 0.15) is 0 Å². The minimum absolute atomic E-state index is 0.0637. The molecule has 0 heterocycles. The monoisotopic (exact) mass is 288 g/mol. The molecule has 0 aliphatic carbocycles. The van der Waals surface area contributed by atoms with Crippen LogP contribution in [0, 0.1) is 0 Å². The maximum atomic E-state index is 12.8. The minimum Gasteiger partial charge on any atom is -0.399 e. The van der Waals surface area contributed by atoms with Gasteiger partial charge in [0, 0.05) is 22.5 Å². The number of benzene rings is 3. The average molecular weight is 288 g/mol. The SMILES string of the molecule is Nc1ccc(C(=O)c2cc(N)ccc2-c2ccccc2)cc1. The Balaban J connectivity index is 2.11. The average Bonchev–Trinajstić information content (AvgIpc) is 2.55. The van der Waals surface area contributed by atoms with Gasteiger partial charge in [-0.15, -0.1) is 0 Å². The van der Waals surface area contributed by atoms with Gasteiger partial charge in [-0.2, -0.15) is 0 Å². The van der Waals surface area contributed by atoms with Crippen LogP contribution in [0.4, 0.5) is 11.4 Å². The molecule has 0 spiro atoms. The number of hydrogen-bond donors (Lipinski definition) is 2. The Morgan fingerprint density at radius 3 is 2.05 bits per heavy atom. The fourth-order valence-corrected chi connectivity index (χ4v) is 2.41. The van der Waals surface area contributed by atoms with Crippen molar-refractivity contribution in [3.63, 3.8) is 0 Å². The summed E-state index contributed by atoms with van der Waals surface area (Å²) < 4.78 is 0. The Hall–Kier alpha value is -3.07. The Morgan fingerprint density at radius 1 is 0.727 bits per heavy atom. The number of anilines is 2. The largest absolute Gasteiger partial charge is 0.399 e. The highest BCUT2D eigenvalue weighted by Crippen LogP contribution is 2.27. The third-order valence-electron chi connectivity index (χ3n) is 3.55. The summed E-state index contributed by atoms with van der Waals surface area (Å²) in [6.45, 7) is 0. The predicted molar refractivity (Wildman–Crippen MR) is 90.6 cm³/mol. The highest BCUT2D eigenvalue weighted by Gasteiger charge is 2.15. The molecule has 3 heteroatoms. The number of nitrogens with two attached hydrogens (primary N) is 2. The van der Waals surface area contributed by atoms with Crippen molar-refractivity contribution in [3.8, 4) is 11.1 Å². The first-order valence-electron chi connectivity index (χ1n) is 7.00. The van der Waals surface area contributed by atoms with Crippen LogP contribution in [0.3, 0.4) is 0 Å². The number of nitrogen functional groups attached to an aromatic ring is 2. The van der Waals surface area contributed by atoms with Gasteiger partial charge in [0.25, 0.3) is 0 Å². The summed E-state index contributed by atoms with van der Waals surface area (Å²) in [6.07, 6.45) is 0. The van der Waals surface area contributed by atoms with E-state index in [4.69, 9.17) is 11.5 Å². The van der Waals surface area contributed by atoms with Crippen LogP contribution in [-0.4, -0.2) is 5.78 Å². The second kappa shape index (κ2) is 5.74. The molecule has 0 amide bonds. The van der Waals surface area contributed by atoms with Gasteiger partial charge in [-0.05, 0) is 47.5 Å². The molecule has 0 bridgehead atoms. The zero-order chi connectivity index (χ0) is 15.5. The van der Waals surface area contributed by atoms with Crippen molar-refractivity contribution in [1.82, 2.24) is 0 Å². The number of carbonyl (C=O) groups excluding carboxylic acids is 1. The summed E-state index contributed by atoms with van der Waals surface area (Å²) in [4.78, 5) is 12.8. The van der Waals surface area contributed by atoms with Crippen LogP contribution in [0.25, 0.3) is 11.1 Å². The molecular formula is C19H16N2O. The zero-order valence-corrected chi connectivity index (χ0v) is 12.0. The van der Waals surface area contributed by atoms with Gasteiger partial charge < -0.3 is 11.5 Å². The van der Waals surface area contributed by atoms with Crippen molar-refractivity contribution in [2.75, 3.05) is 11.5 Å². The fraction of sp³-hybridized carbons (Fsp3) is 0. The van der Waals surface area contributed by atoms with E-state index in [1.165, 1.54) is 0 Å². The number of hydrogen-bond acceptors (Lipinski definition) is 3. The summed E-state index contributed by atoms with van der Waals surface area (Å²) in [7, 11) is 0. The first-order chi connectivity index (χ1) is 10.6. The van der Waals surface area contributed by atoms with E-state index in [1.54, 1.807) is 30.3 Å². The van der Waals surface area contributed by atoms with E-state index >= 15 is 0 Å². The number of ketones is 1. The Kier molecular flexibility index (Phi) is 3.62. The van der Waals surface area contributed by atoms with Gasteiger partial charge in [0.15, 0.2) is 5.78 Å². The van der Waals surface area contributed by atoms with E-state index < -0.39 is 0 Å². The third kappa shape index (κ3) is 2.69. The van der Waals surface area contributed by atoms with Gasteiger partial charge in [-0.25, -0.2) is 0 Å². The van der Waals surface area contributed by atoms with Gasteiger partial charge in [-0.3, -0.25) is 4.79 Å². The molecule has 0 saturated heterocycles. The quantitative estimate of drug-likeness (QED) is 0.569. The number of rotatable bonds is 3. The molecule has 0 radical (unpaired) electrons. The lowest BCUT2D eigenvalue weighted by Crippen LogP contribution is -2.05. The molecule has 3 nitrogen and oxygen atoms in total. The first kappa shape index (κ1) is 13.9. The van der Waals surface area contributed by atoms with Gasteiger partial charge >= 0.3 is 0 Å². The van der Waals surface area contributed by atoms with Crippen LogP contribution < -0.4 is 11.5 Å². The Labute approximate surface area is 129 Å². The molecular weight excluding hydrogens is 272 g/mol. The molecule has 0 fully saturated rings. The minimum atomic E-state index is -0.0637. The van der Waals surface area contributed by atoms with Gasteiger partial charge in [-0.1, -0.05) is 36.4 Å². The van der Waals surface area contributed by atoms with Crippen LogP contribution in [-0.2, 0) is 0 Å². The molecule has 4 N–H and O–H groups in total. The maximum absolute atomic E-state index is 12.8. The molecule has 108 valence electrons. The summed E-state index contributed by atoms with van der Waals surface area (Å²) in [5.74, 6) is -0.0637. The number of carbonyl (C=O) groups is 1. The van der Waals surface area contributed by atoms with Crippen molar-refractivity contribution in [1.29, 1.82) is 0 Å². The van der Waals surface area contributed by atoms with E-state index in [0.29, 0.717) is 22.5 Å². The smallest absolute Gasteiger partial charge is 0.193 e. The van der Waals surface area contributed by atoms with Gasteiger partial charge in [0.05, 0.1) is 0 Å². The molecule has 3 aromatic rings. The molecule has 22 heavy (non-hydrogen) atoms. The van der Waals surface area contributed by atoms with E-state index in [0.717, 1.165) is 11.1 Å². The summed E-state index contributed by atoms with van der Waals surface area (Å²) >= 11 is 0. The van der Waals surface area contributed by atoms with Crippen LogP contribution in [0.5, 0.6) is 0 Å². The van der Waals surface area contributed by atoms with Crippen LogP contribution in [0.2, 0.25) is 0 Å². The second-order valence-electron chi connectivity index (χ2n) is 5.12. The van der Waals surface area contributed by atoms with E-state index in [2.05, 4.69) is 0 Å². The molecule has 0 unspecified atom stereocenters. The Bertz CT molecular complexity index is 809. The standard InChI is InChI=1S/C19H16N2O/c20-15-8-6-14(7-9-15)19(22)18-12-16(21)10-11-17(18)13-4-2-1-3-5-13/h1-12H,20-21H2. The second-order valence-corrected chi connectivity index (χ2v) is 5.12. The highest BCUT2D eigenvalue weighted by molar-refractivity contribution is 6.13. The lowest BCUT2D eigenvalue weighted by molar-refractivity contribution is 0.103. The third-order valence-corrected chi connectivity index (χ3v) is 3.55. The molecule has 3 rings (SSSR count). The normalized spacial score (nSPS) is 10.4. The van der Waals surface area contributed by atoms with Crippen LogP contribution in [0.1, 0.15) is 15.9 Å². The van der Waals surface area contributed by atoms with Crippen molar-refractivity contribution in [2.45, 2.75) is 0 Å². The molecule has 0 aromatic heterocycles. The van der Waals surface area contributed by atoms with Crippen molar-refractivity contribution < 1.29 is 4.79 Å². The van der Waals surface area contributed by atoms with Crippen LogP contribution in [0.15, 0.2) is 72.8 Å². The molecule has 0 atom stereocenters. The van der Waals surface area contributed by atoms with Gasteiger partial charge in [0.2, 0.25) is 0 Å². The lowest BCUT2D eigenvalue weighted by atomic mass is 9.93. The topological polar surface area (TPSA) is 69.1 Å². The molecule has 0 aliphatic heterocycles. The van der Waals surface area contributed by atoms with Crippen molar-refractivity contribution >= 4 is 17.2 Å². The lowest BCUT2D eigenvalue weighted by Gasteiger charge is -2.10. The zero-order valence-electron chi connectivity index (χ0n) is 12.0. The first-order valence-corrected chi connectivity index (χ1v) is 7.00. The summed E-state index contributed by atoms with van der Waals surface area (Å²) in [6, 6.07) is 22.1. The maximum Gasteiger partial charge on any atom is 0.193 e. The molecule has 0 aliphatic rings. The van der Waals surface area contributed by atoms with E-state index in [9.17, 15) is 4.79 Å². The molecule has 0 saturated carbocycles. The van der Waals surface area contributed by atoms with Crippen molar-refractivity contribution in [2.24, 2.45) is 0 Å². The summed E-state index contributed by atoms with van der Waals surface area (Å²) in [5.41, 5.74) is 15.8.